The van der Waals surface area contributed by atoms with Crippen LogP contribution < -0.4 is 5.73 Å². The molecule has 0 spiro atoms. The monoisotopic (exact) mass is 259 g/mol. The Morgan fingerprint density at radius 1 is 1.58 bits per heavy atom. The molecule has 5 nitrogen and oxygen atoms in total. The average molecular weight is 259 g/mol. The topological polar surface area (TPSA) is 79.3 Å². The Labute approximate surface area is 112 Å². The molecule has 100 valence electrons. The minimum Gasteiger partial charge on any atom is -0.383 e. The summed E-state index contributed by atoms with van der Waals surface area (Å²) >= 11 is 0. The third-order valence-electron chi connectivity index (χ3n) is 3.37. The number of ether oxygens (including phenoxy) is 1. The Balaban J connectivity index is 2.28. The van der Waals surface area contributed by atoms with E-state index in [0.29, 0.717) is 25.1 Å². The van der Waals surface area contributed by atoms with Crippen molar-refractivity contribution in [2.45, 2.75) is 18.5 Å². The maximum Gasteiger partial charge on any atom is 0.224 e. The standard InChI is InChI=1S/C14H17N3O2/c1-19-6-5-17-13(18)8-12(16)14(17)11-4-2-3-10(7-11)9-15/h2-4,7,12,14H,5-6,8,16H2,1H3. The van der Waals surface area contributed by atoms with E-state index in [-0.39, 0.29) is 18.0 Å². The Morgan fingerprint density at radius 2 is 2.37 bits per heavy atom. The first kappa shape index (κ1) is 13.5. The summed E-state index contributed by atoms with van der Waals surface area (Å²) in [6.07, 6.45) is 0.338. The summed E-state index contributed by atoms with van der Waals surface area (Å²) in [6.45, 7) is 0.997. The molecular weight excluding hydrogens is 242 g/mol. The number of hydrogen-bond acceptors (Lipinski definition) is 4. The largest absolute Gasteiger partial charge is 0.383 e. The summed E-state index contributed by atoms with van der Waals surface area (Å²) in [4.78, 5) is 13.7. The molecule has 0 saturated carbocycles. The maximum atomic E-state index is 12.0. The van der Waals surface area contributed by atoms with E-state index in [1.165, 1.54) is 0 Å². The van der Waals surface area contributed by atoms with Crippen molar-refractivity contribution in [1.29, 1.82) is 5.26 Å². The van der Waals surface area contributed by atoms with Crippen LogP contribution in [0.3, 0.4) is 0 Å². The van der Waals surface area contributed by atoms with E-state index in [2.05, 4.69) is 6.07 Å². The second kappa shape index (κ2) is 5.83. The highest BCUT2D eigenvalue weighted by Gasteiger charge is 2.38. The van der Waals surface area contributed by atoms with E-state index in [0.717, 1.165) is 5.56 Å². The molecule has 2 rings (SSSR count). The summed E-state index contributed by atoms with van der Waals surface area (Å²) < 4.78 is 5.03. The fourth-order valence-corrected chi connectivity index (χ4v) is 2.49. The van der Waals surface area contributed by atoms with Crippen LogP contribution in [-0.2, 0) is 9.53 Å². The normalized spacial score (nSPS) is 22.6. The molecule has 1 aliphatic rings. The first-order chi connectivity index (χ1) is 9.17. The Hall–Kier alpha value is -1.90. The summed E-state index contributed by atoms with van der Waals surface area (Å²) in [6, 6.07) is 8.96. The van der Waals surface area contributed by atoms with Crippen LogP contribution in [0.1, 0.15) is 23.6 Å². The van der Waals surface area contributed by atoms with Crippen LogP contribution in [0, 0.1) is 11.3 Å². The van der Waals surface area contributed by atoms with Crippen LogP contribution in [0.2, 0.25) is 0 Å². The summed E-state index contributed by atoms with van der Waals surface area (Å²) in [7, 11) is 1.60. The van der Waals surface area contributed by atoms with E-state index >= 15 is 0 Å². The molecule has 1 saturated heterocycles. The van der Waals surface area contributed by atoms with E-state index in [1.807, 2.05) is 12.1 Å². The molecule has 1 aliphatic heterocycles. The molecule has 1 fully saturated rings. The highest BCUT2D eigenvalue weighted by atomic mass is 16.5. The minimum absolute atomic E-state index is 0.0388. The van der Waals surface area contributed by atoms with E-state index < -0.39 is 0 Å². The average Bonchev–Trinajstić information content (AvgIpc) is 2.70. The molecule has 2 N–H and O–H groups in total. The van der Waals surface area contributed by atoms with Gasteiger partial charge >= 0.3 is 0 Å². The van der Waals surface area contributed by atoms with Gasteiger partial charge in [-0.2, -0.15) is 5.26 Å². The molecular formula is C14H17N3O2. The van der Waals surface area contributed by atoms with Gasteiger partial charge in [-0.15, -0.1) is 0 Å². The number of carbonyl (C=O) groups is 1. The molecule has 1 heterocycles. The summed E-state index contributed by atoms with van der Waals surface area (Å²) in [5, 5.41) is 8.95. The molecule has 1 amide bonds. The van der Waals surface area contributed by atoms with Crippen molar-refractivity contribution in [1.82, 2.24) is 4.90 Å². The lowest BCUT2D eigenvalue weighted by atomic mass is 9.99. The number of amides is 1. The van der Waals surface area contributed by atoms with Gasteiger partial charge in [-0.25, -0.2) is 0 Å². The fraction of sp³-hybridized carbons (Fsp3) is 0.429. The van der Waals surface area contributed by atoms with Crippen molar-refractivity contribution in [2.75, 3.05) is 20.3 Å². The number of rotatable bonds is 4. The molecule has 1 aromatic carbocycles. The van der Waals surface area contributed by atoms with Crippen LogP contribution in [0.15, 0.2) is 24.3 Å². The predicted molar refractivity (Wildman–Crippen MR) is 70.1 cm³/mol. The molecule has 1 aromatic rings. The third kappa shape index (κ3) is 2.75. The smallest absolute Gasteiger partial charge is 0.224 e. The summed E-state index contributed by atoms with van der Waals surface area (Å²) in [5.41, 5.74) is 7.56. The van der Waals surface area contributed by atoms with Crippen molar-refractivity contribution < 1.29 is 9.53 Å². The number of methoxy groups -OCH3 is 1. The lowest BCUT2D eigenvalue weighted by molar-refractivity contribution is -0.129. The van der Waals surface area contributed by atoms with E-state index in [4.69, 9.17) is 15.7 Å². The van der Waals surface area contributed by atoms with Gasteiger partial charge in [0.2, 0.25) is 5.91 Å². The molecule has 0 radical (unpaired) electrons. The van der Waals surface area contributed by atoms with Crippen molar-refractivity contribution in [3.05, 3.63) is 35.4 Å². The van der Waals surface area contributed by atoms with Crippen LogP contribution in [-0.4, -0.2) is 37.1 Å². The number of nitrogens with two attached hydrogens (primary N) is 1. The Kier molecular flexibility index (Phi) is 4.15. The Bertz CT molecular complexity index is 510. The second-order valence-electron chi connectivity index (χ2n) is 4.63. The fourth-order valence-electron chi connectivity index (χ4n) is 2.49. The van der Waals surface area contributed by atoms with Crippen molar-refractivity contribution in [3.63, 3.8) is 0 Å². The number of likely N-dealkylation sites (tertiary alicyclic amines) is 1. The van der Waals surface area contributed by atoms with Gasteiger partial charge in [0, 0.05) is 26.1 Å². The maximum absolute atomic E-state index is 12.0. The summed E-state index contributed by atoms with van der Waals surface area (Å²) in [5.74, 6) is 0.0388. The van der Waals surface area contributed by atoms with Crippen LogP contribution in [0.4, 0.5) is 0 Å². The quantitative estimate of drug-likeness (QED) is 0.867. The molecule has 0 aliphatic carbocycles. The lowest BCUT2D eigenvalue weighted by Gasteiger charge is -2.27. The van der Waals surface area contributed by atoms with Gasteiger partial charge in [0.1, 0.15) is 0 Å². The van der Waals surface area contributed by atoms with Crippen LogP contribution in [0.5, 0.6) is 0 Å². The molecule has 2 unspecified atom stereocenters. The highest BCUT2D eigenvalue weighted by molar-refractivity contribution is 5.80. The van der Waals surface area contributed by atoms with E-state index in [9.17, 15) is 4.79 Å². The third-order valence-corrected chi connectivity index (χ3v) is 3.37. The van der Waals surface area contributed by atoms with Gasteiger partial charge < -0.3 is 15.4 Å². The van der Waals surface area contributed by atoms with Crippen molar-refractivity contribution in [2.24, 2.45) is 5.73 Å². The zero-order valence-electron chi connectivity index (χ0n) is 10.9. The number of nitrogens with zero attached hydrogens (tertiary/aromatic N) is 2. The zero-order valence-corrected chi connectivity index (χ0v) is 10.9. The lowest BCUT2D eigenvalue weighted by Crippen LogP contribution is -2.35. The second-order valence-corrected chi connectivity index (χ2v) is 4.63. The first-order valence-electron chi connectivity index (χ1n) is 6.21. The van der Waals surface area contributed by atoms with Crippen molar-refractivity contribution in [3.8, 4) is 6.07 Å². The molecule has 19 heavy (non-hydrogen) atoms. The molecule has 2 atom stereocenters. The van der Waals surface area contributed by atoms with Crippen LogP contribution >= 0.6 is 0 Å². The van der Waals surface area contributed by atoms with Gasteiger partial charge in [-0.1, -0.05) is 12.1 Å². The van der Waals surface area contributed by atoms with E-state index in [1.54, 1.807) is 24.1 Å². The molecule has 0 bridgehead atoms. The number of benzene rings is 1. The van der Waals surface area contributed by atoms with Gasteiger partial charge in [0.05, 0.1) is 24.3 Å². The van der Waals surface area contributed by atoms with Crippen molar-refractivity contribution >= 4 is 5.91 Å². The molecule has 0 aromatic heterocycles. The van der Waals surface area contributed by atoms with Gasteiger partial charge in [0.25, 0.3) is 0 Å². The van der Waals surface area contributed by atoms with Gasteiger partial charge in [0.15, 0.2) is 0 Å². The van der Waals surface area contributed by atoms with Gasteiger partial charge in [-0.05, 0) is 17.7 Å². The number of carbonyl (C=O) groups excluding carboxylic acids is 1. The number of hydrogen-bond donors (Lipinski definition) is 1. The highest BCUT2D eigenvalue weighted by Crippen LogP contribution is 2.32. The number of nitriles is 1. The SMILES string of the molecule is COCCN1C(=O)CC(N)C1c1cccc(C#N)c1. The Morgan fingerprint density at radius 3 is 3.05 bits per heavy atom. The minimum atomic E-state index is -0.238. The predicted octanol–water partition coefficient (Wildman–Crippen LogP) is 0.805. The first-order valence-corrected chi connectivity index (χ1v) is 6.21. The molecule has 5 heteroatoms. The van der Waals surface area contributed by atoms with Crippen LogP contribution in [0.25, 0.3) is 0 Å². The zero-order chi connectivity index (χ0) is 13.8. The van der Waals surface area contributed by atoms with Gasteiger partial charge in [-0.3, -0.25) is 4.79 Å².